The average molecular weight is 345 g/mol. The monoisotopic (exact) mass is 345 g/mol. The maximum Gasteiger partial charge on any atom is 0.146 e. The van der Waals surface area contributed by atoms with Crippen molar-refractivity contribution in [2.45, 2.75) is 31.9 Å². The number of anilines is 2. The summed E-state index contributed by atoms with van der Waals surface area (Å²) in [5.74, 6) is 1.52. The lowest BCUT2D eigenvalue weighted by Gasteiger charge is -2.29. The standard InChI is InChI=1S/C18H27N5O2/c1-23-7-5-14-15(10-19)17(20-6-9-24-2)22-18(16(14)12-23)21-11-13-4-3-8-25-13/h13H,3-9,11-12H2,1-2H3,(H2,20,21,22)/t13-/m0/s1. The van der Waals surface area contributed by atoms with Crippen molar-refractivity contribution in [1.82, 2.24) is 9.88 Å². The molecule has 7 nitrogen and oxygen atoms in total. The fourth-order valence-electron chi connectivity index (χ4n) is 3.45. The Kier molecular flexibility index (Phi) is 6.08. The fraction of sp³-hybridized carbons (Fsp3) is 0.667. The van der Waals surface area contributed by atoms with Gasteiger partial charge in [-0.2, -0.15) is 5.26 Å². The Labute approximate surface area is 149 Å². The first-order valence-corrected chi connectivity index (χ1v) is 8.95. The molecule has 0 bridgehead atoms. The largest absolute Gasteiger partial charge is 0.383 e. The second-order valence-electron chi connectivity index (χ2n) is 6.68. The molecule has 1 saturated heterocycles. The Balaban J connectivity index is 1.87. The zero-order chi connectivity index (χ0) is 17.6. The molecule has 7 heteroatoms. The molecule has 0 amide bonds. The van der Waals surface area contributed by atoms with Gasteiger partial charge in [0.1, 0.15) is 17.7 Å². The molecule has 1 aromatic rings. The minimum absolute atomic E-state index is 0.249. The summed E-state index contributed by atoms with van der Waals surface area (Å²) in [6.07, 6.45) is 3.33. The molecular weight excluding hydrogens is 318 g/mol. The molecule has 0 aromatic carbocycles. The summed E-state index contributed by atoms with van der Waals surface area (Å²) in [7, 11) is 3.77. The van der Waals surface area contributed by atoms with Gasteiger partial charge in [0.05, 0.1) is 18.3 Å². The van der Waals surface area contributed by atoms with Crippen molar-refractivity contribution in [2.24, 2.45) is 0 Å². The van der Waals surface area contributed by atoms with Crippen LogP contribution >= 0.6 is 0 Å². The van der Waals surface area contributed by atoms with Crippen molar-refractivity contribution in [3.8, 4) is 6.07 Å². The van der Waals surface area contributed by atoms with Crippen LogP contribution in [0.5, 0.6) is 0 Å². The normalized spacial score (nSPS) is 20.1. The van der Waals surface area contributed by atoms with Crippen LogP contribution in [0.1, 0.15) is 29.5 Å². The summed E-state index contributed by atoms with van der Waals surface area (Å²) < 4.78 is 10.8. The zero-order valence-corrected chi connectivity index (χ0v) is 15.1. The van der Waals surface area contributed by atoms with E-state index in [0.717, 1.165) is 62.4 Å². The molecule has 1 atom stereocenters. The minimum Gasteiger partial charge on any atom is -0.383 e. The number of nitriles is 1. The Morgan fingerprint density at radius 3 is 2.96 bits per heavy atom. The van der Waals surface area contributed by atoms with Crippen LogP contribution in [0.15, 0.2) is 0 Å². The molecule has 3 heterocycles. The third kappa shape index (κ3) is 4.21. The summed E-state index contributed by atoms with van der Waals surface area (Å²) in [6, 6.07) is 2.35. The third-order valence-electron chi connectivity index (χ3n) is 4.82. The van der Waals surface area contributed by atoms with E-state index in [1.54, 1.807) is 7.11 Å². The number of likely N-dealkylation sites (N-methyl/N-ethyl adjacent to an activating group) is 1. The first-order chi connectivity index (χ1) is 12.2. The maximum atomic E-state index is 9.68. The van der Waals surface area contributed by atoms with Gasteiger partial charge in [-0.1, -0.05) is 0 Å². The van der Waals surface area contributed by atoms with Crippen molar-refractivity contribution < 1.29 is 9.47 Å². The predicted octanol–water partition coefficient (Wildman–Crippen LogP) is 1.59. The van der Waals surface area contributed by atoms with Gasteiger partial charge < -0.3 is 25.0 Å². The van der Waals surface area contributed by atoms with E-state index < -0.39 is 0 Å². The predicted molar refractivity (Wildman–Crippen MR) is 96.8 cm³/mol. The van der Waals surface area contributed by atoms with Crippen LogP contribution in [0.2, 0.25) is 0 Å². The molecule has 2 aliphatic heterocycles. The van der Waals surface area contributed by atoms with Crippen LogP contribution in [-0.2, 0) is 22.4 Å². The Morgan fingerprint density at radius 1 is 1.36 bits per heavy atom. The van der Waals surface area contributed by atoms with Gasteiger partial charge in [0.2, 0.25) is 0 Å². The van der Waals surface area contributed by atoms with Crippen molar-refractivity contribution in [3.63, 3.8) is 0 Å². The van der Waals surface area contributed by atoms with E-state index in [4.69, 9.17) is 14.5 Å². The van der Waals surface area contributed by atoms with E-state index >= 15 is 0 Å². The van der Waals surface area contributed by atoms with E-state index in [9.17, 15) is 5.26 Å². The Bertz CT molecular complexity index is 637. The highest BCUT2D eigenvalue weighted by atomic mass is 16.5. The summed E-state index contributed by atoms with van der Waals surface area (Å²) in [6.45, 7) is 4.56. The maximum absolute atomic E-state index is 9.68. The first-order valence-electron chi connectivity index (χ1n) is 8.95. The van der Waals surface area contributed by atoms with Crippen LogP contribution in [0, 0.1) is 11.3 Å². The molecule has 1 aromatic heterocycles. The summed E-state index contributed by atoms with van der Waals surface area (Å²) in [5, 5.41) is 16.4. The lowest BCUT2D eigenvalue weighted by molar-refractivity contribution is 0.120. The molecule has 0 radical (unpaired) electrons. The van der Waals surface area contributed by atoms with Crippen LogP contribution in [0.4, 0.5) is 11.6 Å². The summed E-state index contributed by atoms with van der Waals surface area (Å²) in [4.78, 5) is 7.01. The van der Waals surface area contributed by atoms with Crippen LogP contribution in [0.25, 0.3) is 0 Å². The van der Waals surface area contributed by atoms with Gasteiger partial charge in [0.15, 0.2) is 0 Å². The minimum atomic E-state index is 0.249. The molecule has 2 aliphatic rings. The smallest absolute Gasteiger partial charge is 0.146 e. The second-order valence-corrected chi connectivity index (χ2v) is 6.68. The molecular formula is C18H27N5O2. The number of nitrogens with one attached hydrogen (secondary N) is 2. The quantitative estimate of drug-likeness (QED) is 0.726. The van der Waals surface area contributed by atoms with Crippen molar-refractivity contribution in [2.75, 3.05) is 57.6 Å². The van der Waals surface area contributed by atoms with Gasteiger partial charge in [-0.15, -0.1) is 0 Å². The molecule has 1 fully saturated rings. The van der Waals surface area contributed by atoms with Crippen molar-refractivity contribution in [1.29, 1.82) is 5.26 Å². The van der Waals surface area contributed by atoms with E-state index in [-0.39, 0.29) is 6.10 Å². The molecule has 0 unspecified atom stereocenters. The first kappa shape index (κ1) is 17.9. The van der Waals surface area contributed by atoms with Gasteiger partial charge >= 0.3 is 0 Å². The van der Waals surface area contributed by atoms with Crippen LogP contribution in [0.3, 0.4) is 0 Å². The number of aromatic nitrogens is 1. The molecule has 25 heavy (non-hydrogen) atoms. The number of pyridine rings is 1. The molecule has 3 rings (SSSR count). The van der Waals surface area contributed by atoms with Crippen molar-refractivity contribution >= 4 is 11.6 Å². The summed E-state index contributed by atoms with van der Waals surface area (Å²) in [5.41, 5.74) is 2.92. The van der Waals surface area contributed by atoms with E-state index in [2.05, 4.69) is 28.7 Å². The van der Waals surface area contributed by atoms with E-state index in [1.807, 2.05) is 0 Å². The molecule has 0 aliphatic carbocycles. The molecule has 2 N–H and O–H groups in total. The molecule has 136 valence electrons. The SMILES string of the molecule is COCCNc1nc(NC[C@@H]2CCCO2)c2c(c1C#N)CCN(C)C2. The number of fused-ring (bicyclic) bond motifs is 1. The van der Waals surface area contributed by atoms with Crippen LogP contribution < -0.4 is 10.6 Å². The fourth-order valence-corrected chi connectivity index (χ4v) is 3.45. The van der Waals surface area contributed by atoms with Gasteiger partial charge in [0.25, 0.3) is 0 Å². The lowest BCUT2D eigenvalue weighted by atomic mass is 9.96. The Morgan fingerprint density at radius 2 is 2.24 bits per heavy atom. The molecule has 0 saturated carbocycles. The lowest BCUT2D eigenvalue weighted by Crippen LogP contribution is -2.30. The number of ether oxygens (including phenoxy) is 2. The van der Waals surface area contributed by atoms with Gasteiger partial charge in [-0.05, 0) is 31.9 Å². The number of hydrogen-bond acceptors (Lipinski definition) is 7. The average Bonchev–Trinajstić information content (AvgIpc) is 3.13. The topological polar surface area (TPSA) is 82.4 Å². The second kappa shape index (κ2) is 8.48. The number of hydrogen-bond donors (Lipinski definition) is 2. The van der Waals surface area contributed by atoms with Gasteiger partial charge in [-0.25, -0.2) is 4.98 Å². The third-order valence-corrected chi connectivity index (χ3v) is 4.82. The van der Waals surface area contributed by atoms with E-state index in [0.29, 0.717) is 24.5 Å². The van der Waals surface area contributed by atoms with Gasteiger partial charge in [0, 0.05) is 45.5 Å². The van der Waals surface area contributed by atoms with Crippen molar-refractivity contribution in [3.05, 3.63) is 16.7 Å². The highest BCUT2D eigenvalue weighted by molar-refractivity contribution is 5.66. The number of methoxy groups -OCH3 is 1. The van der Waals surface area contributed by atoms with E-state index in [1.165, 1.54) is 0 Å². The highest BCUT2D eigenvalue weighted by Gasteiger charge is 2.25. The van der Waals surface area contributed by atoms with Gasteiger partial charge in [-0.3, -0.25) is 0 Å². The van der Waals surface area contributed by atoms with Crippen LogP contribution in [-0.4, -0.2) is 63.0 Å². The number of nitrogens with zero attached hydrogens (tertiary/aromatic N) is 3. The Hall–Kier alpha value is -1.88. The number of rotatable bonds is 7. The zero-order valence-electron chi connectivity index (χ0n) is 15.1. The summed E-state index contributed by atoms with van der Waals surface area (Å²) >= 11 is 0. The highest BCUT2D eigenvalue weighted by Crippen LogP contribution is 2.31. The molecule has 0 spiro atoms.